The number of hydrogen-bond acceptors (Lipinski definition) is 4. The Labute approximate surface area is 76.9 Å². The molecule has 0 unspecified atom stereocenters. The average Bonchev–Trinajstić information content (AvgIpc) is 2.30. The Morgan fingerprint density at radius 1 is 1.50 bits per heavy atom. The number of rotatable bonds is 3. The van der Waals surface area contributed by atoms with Gasteiger partial charge in [-0.1, -0.05) is 0 Å². The summed E-state index contributed by atoms with van der Waals surface area (Å²) in [5, 5.41) is 19.9. The molecule has 0 saturated carbocycles. The first kappa shape index (κ1) is 10.9. The molecule has 0 amide bonds. The minimum atomic E-state index is -4.37. The van der Waals surface area contributed by atoms with E-state index in [1.165, 1.54) is 0 Å². The van der Waals surface area contributed by atoms with Gasteiger partial charge in [-0.15, -0.1) is 5.10 Å². The van der Waals surface area contributed by atoms with Crippen molar-refractivity contribution in [2.45, 2.75) is 12.7 Å². The monoisotopic (exact) mass is 210 g/mol. The Balaban J connectivity index is 2.60. The molecular formula is C5H6BF3N2O3. The SMILES string of the molecule is OB(O)Oc1ccn(CC(F)(F)F)n1. The van der Waals surface area contributed by atoms with Gasteiger partial charge in [-0.2, -0.15) is 13.2 Å². The predicted molar refractivity (Wildman–Crippen MR) is 39.1 cm³/mol. The van der Waals surface area contributed by atoms with Crippen LogP contribution in [0.4, 0.5) is 13.2 Å². The van der Waals surface area contributed by atoms with Gasteiger partial charge in [0, 0.05) is 12.3 Å². The van der Waals surface area contributed by atoms with Gasteiger partial charge in [-0.05, 0) is 0 Å². The predicted octanol–water partition coefficient (Wildman–Crippen LogP) is -0.206. The maximum atomic E-state index is 11.8. The van der Waals surface area contributed by atoms with Gasteiger partial charge in [0.05, 0.1) is 0 Å². The molecule has 0 aliphatic rings. The molecule has 0 aliphatic heterocycles. The second kappa shape index (κ2) is 3.88. The number of halogens is 3. The molecule has 1 heterocycles. The average molecular weight is 210 g/mol. The molecule has 9 heteroatoms. The smallest absolute Gasteiger partial charge is 0.497 e. The van der Waals surface area contributed by atoms with Crippen molar-refractivity contribution in [2.75, 3.05) is 0 Å². The number of alkyl halides is 3. The molecule has 0 aromatic carbocycles. The fourth-order valence-electron chi connectivity index (χ4n) is 0.786. The van der Waals surface area contributed by atoms with E-state index in [0.29, 0.717) is 4.68 Å². The van der Waals surface area contributed by atoms with Crippen molar-refractivity contribution < 1.29 is 27.9 Å². The third kappa shape index (κ3) is 3.67. The lowest BCUT2D eigenvalue weighted by Crippen LogP contribution is -2.21. The van der Waals surface area contributed by atoms with Crippen LogP contribution in [0, 0.1) is 0 Å². The summed E-state index contributed by atoms with van der Waals surface area (Å²) in [6.07, 6.45) is -3.35. The molecule has 1 rings (SSSR count). The molecule has 1 aromatic heterocycles. The first-order valence-corrected chi connectivity index (χ1v) is 3.50. The highest BCUT2D eigenvalue weighted by Gasteiger charge is 2.28. The highest BCUT2D eigenvalue weighted by atomic mass is 19.4. The Bertz CT molecular complexity index is 301. The lowest BCUT2D eigenvalue weighted by Gasteiger charge is -2.05. The van der Waals surface area contributed by atoms with E-state index < -0.39 is 20.0 Å². The Morgan fingerprint density at radius 3 is 2.64 bits per heavy atom. The van der Waals surface area contributed by atoms with Crippen LogP contribution < -0.4 is 4.65 Å². The van der Waals surface area contributed by atoms with Crippen molar-refractivity contribution in [1.82, 2.24) is 9.78 Å². The van der Waals surface area contributed by atoms with Crippen LogP contribution in [0.1, 0.15) is 0 Å². The number of nitrogens with zero attached hydrogens (tertiary/aromatic N) is 2. The Morgan fingerprint density at radius 2 is 2.14 bits per heavy atom. The van der Waals surface area contributed by atoms with Crippen LogP contribution >= 0.6 is 0 Å². The van der Waals surface area contributed by atoms with Gasteiger partial charge >= 0.3 is 13.5 Å². The van der Waals surface area contributed by atoms with E-state index in [1.54, 1.807) is 0 Å². The molecule has 78 valence electrons. The molecule has 2 N–H and O–H groups in total. The Hall–Kier alpha value is -1.22. The summed E-state index contributed by atoms with van der Waals surface area (Å²) < 4.78 is 40.2. The van der Waals surface area contributed by atoms with E-state index in [2.05, 4.69) is 9.75 Å². The van der Waals surface area contributed by atoms with Gasteiger partial charge in [-0.3, -0.25) is 4.68 Å². The molecule has 1 aromatic rings. The number of hydrogen-bond donors (Lipinski definition) is 2. The molecule has 0 atom stereocenters. The van der Waals surface area contributed by atoms with E-state index in [4.69, 9.17) is 10.0 Å². The zero-order valence-electron chi connectivity index (χ0n) is 6.77. The van der Waals surface area contributed by atoms with Crippen molar-refractivity contribution in [3.63, 3.8) is 0 Å². The minimum absolute atomic E-state index is 0.288. The van der Waals surface area contributed by atoms with Crippen LogP contribution in [0.15, 0.2) is 12.3 Å². The topological polar surface area (TPSA) is 67.5 Å². The molecule has 0 saturated heterocycles. The van der Waals surface area contributed by atoms with E-state index in [0.717, 1.165) is 12.3 Å². The molecule has 0 bridgehead atoms. The largest absolute Gasteiger partial charge is 0.708 e. The summed E-state index contributed by atoms with van der Waals surface area (Å²) in [6, 6.07) is 1.09. The minimum Gasteiger partial charge on any atom is -0.497 e. The van der Waals surface area contributed by atoms with Crippen LogP contribution in [0.5, 0.6) is 5.88 Å². The van der Waals surface area contributed by atoms with Crippen molar-refractivity contribution in [1.29, 1.82) is 0 Å². The van der Waals surface area contributed by atoms with Crippen LogP contribution in [-0.4, -0.2) is 33.3 Å². The van der Waals surface area contributed by atoms with Crippen LogP contribution in [-0.2, 0) is 6.54 Å². The standard InChI is InChI=1S/C5H6BF3N2O3/c7-5(8,9)3-11-2-1-4(10-11)14-6(12)13/h1-2,12-13H,3H2. The third-order valence-electron chi connectivity index (χ3n) is 1.18. The van der Waals surface area contributed by atoms with Crippen molar-refractivity contribution in [2.24, 2.45) is 0 Å². The van der Waals surface area contributed by atoms with Crippen molar-refractivity contribution >= 4 is 7.32 Å². The summed E-state index contributed by atoms with van der Waals surface area (Å²) in [5.74, 6) is -0.288. The van der Waals surface area contributed by atoms with Crippen molar-refractivity contribution in [3.05, 3.63) is 12.3 Å². The second-order valence-electron chi connectivity index (χ2n) is 2.41. The van der Waals surface area contributed by atoms with Gasteiger partial charge in [0.1, 0.15) is 6.54 Å². The molecular weight excluding hydrogens is 204 g/mol. The fourth-order valence-corrected chi connectivity index (χ4v) is 0.786. The van der Waals surface area contributed by atoms with E-state index >= 15 is 0 Å². The summed E-state index contributed by atoms with van der Waals surface area (Å²) >= 11 is 0. The van der Waals surface area contributed by atoms with Crippen LogP contribution in [0.25, 0.3) is 0 Å². The quantitative estimate of drug-likeness (QED) is 0.677. The van der Waals surface area contributed by atoms with Crippen LogP contribution in [0.2, 0.25) is 0 Å². The third-order valence-corrected chi connectivity index (χ3v) is 1.18. The van der Waals surface area contributed by atoms with Crippen molar-refractivity contribution in [3.8, 4) is 5.88 Å². The summed E-state index contributed by atoms with van der Waals surface area (Å²) in [5.41, 5.74) is 0. The van der Waals surface area contributed by atoms with Gasteiger partial charge in [0.15, 0.2) is 0 Å². The zero-order chi connectivity index (χ0) is 10.8. The first-order chi connectivity index (χ1) is 6.37. The molecule has 0 radical (unpaired) electrons. The van der Waals surface area contributed by atoms with E-state index in [9.17, 15) is 13.2 Å². The van der Waals surface area contributed by atoms with Gasteiger partial charge in [0.2, 0.25) is 5.88 Å². The molecule has 5 nitrogen and oxygen atoms in total. The molecule has 0 spiro atoms. The number of aromatic nitrogens is 2. The van der Waals surface area contributed by atoms with Gasteiger partial charge in [0.25, 0.3) is 0 Å². The first-order valence-electron chi connectivity index (χ1n) is 3.50. The van der Waals surface area contributed by atoms with Crippen LogP contribution in [0.3, 0.4) is 0 Å². The lowest BCUT2D eigenvalue weighted by atomic mass is 10.3. The Kier molecular flexibility index (Phi) is 3.01. The van der Waals surface area contributed by atoms with Gasteiger partial charge in [-0.25, -0.2) is 0 Å². The fraction of sp³-hybridized carbons (Fsp3) is 0.400. The highest BCUT2D eigenvalue weighted by Crippen LogP contribution is 2.18. The van der Waals surface area contributed by atoms with E-state index in [-0.39, 0.29) is 5.88 Å². The maximum Gasteiger partial charge on any atom is 0.708 e. The molecule has 0 fully saturated rings. The second-order valence-corrected chi connectivity index (χ2v) is 2.41. The highest BCUT2D eigenvalue weighted by molar-refractivity contribution is 6.33. The lowest BCUT2D eigenvalue weighted by molar-refractivity contribution is -0.142. The van der Waals surface area contributed by atoms with Gasteiger partial charge < -0.3 is 14.7 Å². The summed E-state index contributed by atoms with van der Waals surface area (Å²) in [4.78, 5) is 0. The zero-order valence-corrected chi connectivity index (χ0v) is 6.77. The maximum absolute atomic E-state index is 11.8. The molecule has 0 aliphatic carbocycles. The normalized spacial score (nSPS) is 11.5. The molecule has 14 heavy (non-hydrogen) atoms. The summed E-state index contributed by atoms with van der Waals surface area (Å²) in [6.45, 7) is -1.25. The van der Waals surface area contributed by atoms with E-state index in [1.807, 2.05) is 0 Å². The summed E-state index contributed by atoms with van der Waals surface area (Å²) in [7, 11) is -2.09.